The van der Waals surface area contributed by atoms with Crippen molar-refractivity contribution in [2.45, 2.75) is 6.92 Å². The van der Waals surface area contributed by atoms with Crippen LogP contribution in [0, 0.1) is 6.92 Å². The summed E-state index contributed by atoms with van der Waals surface area (Å²) in [6, 6.07) is 9.06. The second kappa shape index (κ2) is 3.69. The number of nitrogens with two attached hydrogens (primary N) is 2. The van der Waals surface area contributed by atoms with Gasteiger partial charge in [-0.1, -0.05) is 0 Å². The smallest absolute Gasteiger partial charge is 0.185 e. The molecule has 6 nitrogen and oxygen atoms in total. The first-order valence-corrected chi connectivity index (χ1v) is 5.49. The maximum Gasteiger partial charge on any atom is 0.185 e. The molecule has 2 heterocycles. The molecule has 2 aromatic heterocycles. The average molecular weight is 240 g/mol. The van der Waals surface area contributed by atoms with E-state index in [2.05, 4.69) is 15.3 Å². The van der Waals surface area contributed by atoms with Crippen molar-refractivity contribution in [1.29, 1.82) is 0 Å². The Kier molecular flexibility index (Phi) is 2.16. The van der Waals surface area contributed by atoms with Crippen molar-refractivity contribution in [1.82, 2.24) is 19.8 Å². The van der Waals surface area contributed by atoms with Gasteiger partial charge in [-0.15, -0.1) is 10.2 Å². The lowest BCUT2D eigenvalue weighted by Crippen LogP contribution is -1.98. The van der Waals surface area contributed by atoms with Crippen LogP contribution in [0.25, 0.3) is 17.0 Å². The van der Waals surface area contributed by atoms with Gasteiger partial charge < -0.3 is 11.5 Å². The fourth-order valence-electron chi connectivity index (χ4n) is 1.87. The van der Waals surface area contributed by atoms with E-state index in [4.69, 9.17) is 11.5 Å². The molecule has 0 radical (unpaired) electrons. The summed E-state index contributed by atoms with van der Waals surface area (Å²) in [4.78, 5) is 0. The normalized spacial score (nSPS) is 10.9. The van der Waals surface area contributed by atoms with Gasteiger partial charge in [0.25, 0.3) is 0 Å². The molecule has 0 spiro atoms. The van der Waals surface area contributed by atoms with Gasteiger partial charge in [0, 0.05) is 16.9 Å². The van der Waals surface area contributed by atoms with E-state index < -0.39 is 0 Å². The highest BCUT2D eigenvalue weighted by molar-refractivity contribution is 5.69. The Hall–Kier alpha value is -2.63. The number of aryl methyl sites for hydroxylation is 1. The zero-order valence-corrected chi connectivity index (χ0v) is 9.83. The van der Waals surface area contributed by atoms with Crippen LogP contribution in [0.3, 0.4) is 0 Å². The molecule has 0 saturated carbocycles. The molecule has 0 amide bonds. The molecule has 90 valence electrons. The van der Waals surface area contributed by atoms with Crippen LogP contribution in [0.2, 0.25) is 0 Å². The van der Waals surface area contributed by atoms with E-state index >= 15 is 0 Å². The van der Waals surface area contributed by atoms with Gasteiger partial charge in [-0.3, -0.25) is 0 Å². The second-order valence-electron chi connectivity index (χ2n) is 4.16. The topological polar surface area (TPSA) is 95.1 Å². The molecule has 18 heavy (non-hydrogen) atoms. The molecule has 3 rings (SSSR count). The Bertz CT molecular complexity index is 710. The molecule has 3 aromatic rings. The van der Waals surface area contributed by atoms with Crippen LogP contribution in [0.5, 0.6) is 0 Å². The number of rotatable bonds is 1. The molecular weight excluding hydrogens is 228 g/mol. The van der Waals surface area contributed by atoms with Crippen LogP contribution in [0.1, 0.15) is 5.69 Å². The molecule has 0 aliphatic heterocycles. The van der Waals surface area contributed by atoms with E-state index in [9.17, 15) is 0 Å². The molecule has 4 N–H and O–H groups in total. The number of nitrogen functional groups attached to an aromatic ring is 2. The number of fused-ring (bicyclic) bond motifs is 1. The monoisotopic (exact) mass is 240 g/mol. The van der Waals surface area contributed by atoms with Crippen LogP contribution in [-0.2, 0) is 0 Å². The molecule has 0 fully saturated rings. The number of benzene rings is 1. The molecule has 0 unspecified atom stereocenters. The van der Waals surface area contributed by atoms with Crippen molar-refractivity contribution >= 4 is 17.0 Å². The highest BCUT2D eigenvalue weighted by Gasteiger charge is 2.10. The molecular formula is C12H12N6. The fourth-order valence-corrected chi connectivity index (χ4v) is 1.87. The van der Waals surface area contributed by atoms with Gasteiger partial charge >= 0.3 is 0 Å². The lowest BCUT2D eigenvalue weighted by atomic mass is 10.1. The van der Waals surface area contributed by atoms with Gasteiger partial charge in [0.2, 0.25) is 0 Å². The van der Waals surface area contributed by atoms with Crippen LogP contribution in [-0.4, -0.2) is 19.8 Å². The van der Waals surface area contributed by atoms with E-state index in [0.717, 1.165) is 11.3 Å². The Morgan fingerprint density at radius 3 is 2.44 bits per heavy atom. The summed E-state index contributed by atoms with van der Waals surface area (Å²) in [6.07, 6.45) is 0. The van der Waals surface area contributed by atoms with E-state index in [1.807, 2.05) is 19.1 Å². The van der Waals surface area contributed by atoms with Gasteiger partial charge in [0.15, 0.2) is 11.5 Å². The van der Waals surface area contributed by atoms with Gasteiger partial charge in [0.1, 0.15) is 0 Å². The highest BCUT2D eigenvalue weighted by Crippen LogP contribution is 2.23. The molecule has 0 aliphatic rings. The summed E-state index contributed by atoms with van der Waals surface area (Å²) in [5, 5.41) is 12.6. The maximum atomic E-state index is 5.78. The highest BCUT2D eigenvalue weighted by atomic mass is 15.4. The Labute approximate surface area is 103 Å². The van der Waals surface area contributed by atoms with E-state index in [0.29, 0.717) is 22.8 Å². The fraction of sp³-hybridized carbons (Fsp3) is 0.0833. The third kappa shape index (κ3) is 1.64. The number of anilines is 2. The summed E-state index contributed by atoms with van der Waals surface area (Å²) < 4.78 is 1.68. The minimum atomic E-state index is 0.592. The van der Waals surface area contributed by atoms with Gasteiger partial charge in [0.05, 0.1) is 5.69 Å². The van der Waals surface area contributed by atoms with Gasteiger partial charge in [-0.05, 0) is 37.3 Å². The third-order valence-corrected chi connectivity index (χ3v) is 2.63. The quantitative estimate of drug-likeness (QED) is 0.624. The summed E-state index contributed by atoms with van der Waals surface area (Å²) in [5.41, 5.74) is 15.1. The van der Waals surface area contributed by atoms with Crippen molar-refractivity contribution < 1.29 is 0 Å². The molecule has 1 aromatic carbocycles. The maximum absolute atomic E-state index is 5.78. The first kappa shape index (κ1) is 10.5. The van der Waals surface area contributed by atoms with Crippen molar-refractivity contribution in [2.75, 3.05) is 11.5 Å². The second-order valence-corrected chi connectivity index (χ2v) is 4.16. The van der Waals surface area contributed by atoms with Crippen LogP contribution >= 0.6 is 0 Å². The number of hydrogen-bond acceptors (Lipinski definition) is 5. The summed E-state index contributed by atoms with van der Waals surface area (Å²) in [5.74, 6) is 0.632. The van der Waals surface area contributed by atoms with Gasteiger partial charge in [-0.25, -0.2) is 0 Å². The Morgan fingerprint density at radius 1 is 1.00 bits per heavy atom. The first-order chi connectivity index (χ1) is 8.63. The Morgan fingerprint density at radius 2 is 1.72 bits per heavy atom. The molecule has 6 heteroatoms. The molecule has 0 saturated heterocycles. The number of aromatic nitrogens is 4. The average Bonchev–Trinajstić information content (AvgIpc) is 2.70. The van der Waals surface area contributed by atoms with Crippen molar-refractivity contribution in [3.05, 3.63) is 36.0 Å². The minimum absolute atomic E-state index is 0.592. The van der Waals surface area contributed by atoms with E-state index in [-0.39, 0.29) is 0 Å². The van der Waals surface area contributed by atoms with Crippen molar-refractivity contribution in [2.24, 2.45) is 0 Å². The SMILES string of the molecule is Cc1ccc2nnc(-c3cc(N)cc(N)c3)n2n1. The lowest BCUT2D eigenvalue weighted by Gasteiger charge is -2.03. The lowest BCUT2D eigenvalue weighted by molar-refractivity contribution is 0.902. The van der Waals surface area contributed by atoms with Crippen LogP contribution in [0.15, 0.2) is 30.3 Å². The summed E-state index contributed by atoms with van der Waals surface area (Å²) in [7, 11) is 0. The zero-order chi connectivity index (χ0) is 12.7. The number of hydrogen-bond donors (Lipinski definition) is 2. The predicted octanol–water partition coefficient (Wildman–Crippen LogP) is 1.26. The number of nitrogens with zero attached hydrogens (tertiary/aromatic N) is 4. The Balaban J connectivity index is 2.27. The van der Waals surface area contributed by atoms with Crippen LogP contribution in [0.4, 0.5) is 11.4 Å². The molecule has 0 bridgehead atoms. The molecule has 0 aliphatic carbocycles. The van der Waals surface area contributed by atoms with Crippen molar-refractivity contribution in [3.8, 4) is 11.4 Å². The van der Waals surface area contributed by atoms with Crippen LogP contribution < -0.4 is 11.5 Å². The summed E-state index contributed by atoms with van der Waals surface area (Å²) in [6.45, 7) is 1.91. The van der Waals surface area contributed by atoms with E-state index in [1.165, 1.54) is 0 Å². The standard InChI is InChI=1S/C12H12N6/c1-7-2-3-11-15-16-12(18(11)17-7)8-4-9(13)6-10(14)5-8/h2-6H,13-14H2,1H3. The third-order valence-electron chi connectivity index (χ3n) is 2.63. The first-order valence-electron chi connectivity index (χ1n) is 5.49. The van der Waals surface area contributed by atoms with Gasteiger partial charge in [-0.2, -0.15) is 9.61 Å². The van der Waals surface area contributed by atoms with E-state index in [1.54, 1.807) is 22.7 Å². The predicted molar refractivity (Wildman–Crippen MR) is 69.8 cm³/mol. The molecule has 0 atom stereocenters. The largest absolute Gasteiger partial charge is 0.399 e. The van der Waals surface area contributed by atoms with Crippen molar-refractivity contribution in [3.63, 3.8) is 0 Å². The minimum Gasteiger partial charge on any atom is -0.399 e. The summed E-state index contributed by atoms with van der Waals surface area (Å²) >= 11 is 0. The zero-order valence-electron chi connectivity index (χ0n) is 9.83.